The summed E-state index contributed by atoms with van der Waals surface area (Å²) in [5, 5.41) is 9.69. The van der Waals surface area contributed by atoms with Crippen molar-refractivity contribution in [3.05, 3.63) is 0 Å². The van der Waals surface area contributed by atoms with Crippen LogP contribution in [0.4, 0.5) is 0 Å². The first-order valence-electron chi connectivity index (χ1n) is 5.12. The monoisotopic (exact) mass is 362 g/mol. The molecule has 0 aliphatic carbocycles. The van der Waals surface area contributed by atoms with Gasteiger partial charge < -0.3 is 5.11 Å². The van der Waals surface area contributed by atoms with Gasteiger partial charge in [0.2, 0.25) is 0 Å². The van der Waals surface area contributed by atoms with Gasteiger partial charge in [0.15, 0.2) is 0 Å². The minimum atomic E-state index is 0.361. The molecule has 80 valence electrons. The minimum absolute atomic E-state index is 0.361. The number of unbranched alkanes of at least 4 members (excludes halogenated alkanes) is 5. The normalized spacial score (nSPS) is 13.2. The molecule has 13 heavy (non-hydrogen) atoms. The molecule has 0 saturated heterocycles. The van der Waals surface area contributed by atoms with E-state index in [-0.39, 0.29) is 0 Å². The molecule has 0 rings (SSSR count). The average Bonchev–Trinajstić information content (AvgIpc) is 2.16. The van der Waals surface area contributed by atoms with Crippen LogP contribution in [0.25, 0.3) is 0 Å². The molecule has 0 fully saturated rings. The Labute approximate surface area is 104 Å². The third kappa shape index (κ3) is 11.1. The minimum Gasteiger partial charge on any atom is -0.396 e. The highest BCUT2D eigenvalue weighted by Crippen LogP contribution is 2.15. The zero-order chi connectivity index (χ0) is 9.94. The summed E-state index contributed by atoms with van der Waals surface area (Å²) >= 11 is 5.98. The molecule has 0 aromatic heterocycles. The lowest BCUT2D eigenvalue weighted by molar-refractivity contribution is 0.282. The number of hydrogen-bond acceptors (Lipinski definition) is 1. The quantitative estimate of drug-likeness (QED) is 0.374. The number of aliphatic hydroxyl groups is 1. The Kier molecular flexibility index (Phi) is 12.3. The fraction of sp³-hybridized carbons (Fsp3) is 1.00. The second-order valence-electron chi connectivity index (χ2n) is 3.39. The van der Waals surface area contributed by atoms with Gasteiger partial charge in [-0.3, -0.25) is 0 Å². The second kappa shape index (κ2) is 11.2. The number of rotatable bonds is 9. The number of hydrogen-bond donors (Lipinski definition) is 1. The van der Waals surface area contributed by atoms with Gasteiger partial charge in [-0.1, -0.05) is 70.6 Å². The van der Waals surface area contributed by atoms with Gasteiger partial charge in [-0.15, -0.1) is 0 Å². The summed E-state index contributed by atoms with van der Waals surface area (Å²) in [6.07, 6.45) is 8.87. The Hall–Kier alpha value is 1.17. The molecular formula is C10H20BrIO. The first kappa shape index (κ1) is 14.2. The number of aliphatic hydroxyl groups excluding tert-OH is 1. The summed E-state index contributed by atoms with van der Waals surface area (Å²) in [7, 11) is 0. The van der Waals surface area contributed by atoms with Crippen molar-refractivity contribution in [1.82, 2.24) is 0 Å². The summed E-state index contributed by atoms with van der Waals surface area (Å²) < 4.78 is 0.801. The molecular weight excluding hydrogens is 343 g/mol. The Balaban J connectivity index is 2.91. The fourth-order valence-electron chi connectivity index (χ4n) is 1.26. The molecule has 1 unspecified atom stereocenters. The Morgan fingerprint density at radius 1 is 1.00 bits per heavy atom. The summed E-state index contributed by atoms with van der Waals surface area (Å²) in [5.74, 6) is 0. The van der Waals surface area contributed by atoms with Gasteiger partial charge >= 0.3 is 0 Å². The van der Waals surface area contributed by atoms with E-state index in [9.17, 15) is 0 Å². The highest BCUT2D eigenvalue weighted by atomic mass is 127. The van der Waals surface area contributed by atoms with E-state index in [4.69, 9.17) is 5.11 Å². The molecule has 0 bridgehead atoms. The van der Waals surface area contributed by atoms with Crippen LogP contribution in [-0.2, 0) is 0 Å². The third-order valence-corrected chi connectivity index (χ3v) is 5.15. The van der Waals surface area contributed by atoms with Crippen LogP contribution in [-0.4, -0.2) is 21.0 Å². The molecule has 1 atom stereocenters. The number of alkyl halides is 2. The van der Waals surface area contributed by atoms with Crippen LogP contribution < -0.4 is 0 Å². The predicted molar refractivity (Wildman–Crippen MR) is 71.0 cm³/mol. The van der Waals surface area contributed by atoms with Crippen LogP contribution >= 0.6 is 38.5 Å². The van der Waals surface area contributed by atoms with Gasteiger partial charge in [0, 0.05) is 15.9 Å². The lowest BCUT2D eigenvalue weighted by atomic mass is 10.1. The second-order valence-corrected chi connectivity index (χ2v) is 5.79. The fourth-order valence-corrected chi connectivity index (χ4v) is 2.03. The van der Waals surface area contributed by atoms with Crippen LogP contribution in [0.15, 0.2) is 0 Å². The molecule has 0 saturated carbocycles. The maximum atomic E-state index is 8.57. The number of halogens is 2. The van der Waals surface area contributed by atoms with E-state index in [0.29, 0.717) is 6.61 Å². The van der Waals surface area contributed by atoms with Crippen molar-refractivity contribution in [3.8, 4) is 0 Å². The molecule has 3 heteroatoms. The zero-order valence-electron chi connectivity index (χ0n) is 8.14. The first-order chi connectivity index (χ1) is 6.31. The van der Waals surface area contributed by atoms with Crippen molar-refractivity contribution >= 4 is 38.5 Å². The van der Waals surface area contributed by atoms with Crippen LogP contribution in [0, 0.1) is 0 Å². The van der Waals surface area contributed by atoms with Gasteiger partial charge in [0.05, 0.1) is 0 Å². The van der Waals surface area contributed by atoms with Crippen LogP contribution in [0.5, 0.6) is 0 Å². The van der Waals surface area contributed by atoms with Crippen LogP contribution in [0.1, 0.15) is 44.9 Å². The van der Waals surface area contributed by atoms with Crippen molar-refractivity contribution in [2.24, 2.45) is 0 Å². The predicted octanol–water partition coefficient (Wildman–Crippen LogP) is 3.91. The molecule has 1 N–H and O–H groups in total. The zero-order valence-corrected chi connectivity index (χ0v) is 11.9. The smallest absolute Gasteiger partial charge is 0.0431 e. The molecule has 0 spiro atoms. The molecule has 0 heterocycles. The van der Waals surface area contributed by atoms with E-state index in [1.54, 1.807) is 0 Å². The topological polar surface area (TPSA) is 20.2 Å². The van der Waals surface area contributed by atoms with Crippen molar-refractivity contribution < 1.29 is 5.11 Å². The van der Waals surface area contributed by atoms with Gasteiger partial charge in [-0.25, -0.2) is 0 Å². The van der Waals surface area contributed by atoms with E-state index in [0.717, 1.165) is 15.7 Å². The van der Waals surface area contributed by atoms with Crippen molar-refractivity contribution in [1.29, 1.82) is 0 Å². The van der Waals surface area contributed by atoms with Gasteiger partial charge in [-0.05, 0) is 12.8 Å². The first-order valence-corrected chi connectivity index (χ1v) is 7.49. The van der Waals surface area contributed by atoms with Crippen LogP contribution in [0.3, 0.4) is 0 Å². The summed E-state index contributed by atoms with van der Waals surface area (Å²) in [6, 6.07) is 0. The van der Waals surface area contributed by atoms with Crippen molar-refractivity contribution in [3.63, 3.8) is 0 Å². The van der Waals surface area contributed by atoms with E-state index in [1.165, 1.54) is 38.5 Å². The van der Waals surface area contributed by atoms with E-state index in [2.05, 4.69) is 38.5 Å². The maximum absolute atomic E-state index is 8.57. The molecule has 1 nitrogen and oxygen atoms in total. The maximum Gasteiger partial charge on any atom is 0.0431 e. The lowest BCUT2D eigenvalue weighted by Gasteiger charge is -2.04. The highest BCUT2D eigenvalue weighted by molar-refractivity contribution is 14.1. The van der Waals surface area contributed by atoms with Crippen molar-refractivity contribution in [2.75, 3.05) is 11.9 Å². The molecule has 0 aliphatic rings. The lowest BCUT2D eigenvalue weighted by Crippen LogP contribution is -1.97. The Morgan fingerprint density at radius 2 is 1.54 bits per heavy atom. The standard InChI is InChI=1S/C10H20BrIO/c11-9-10(12)7-5-3-1-2-4-6-8-13/h10,13H,1-9H2. The Bertz CT molecular complexity index is 101. The van der Waals surface area contributed by atoms with E-state index in [1.807, 2.05) is 0 Å². The Morgan fingerprint density at radius 3 is 2.08 bits per heavy atom. The van der Waals surface area contributed by atoms with Crippen LogP contribution in [0.2, 0.25) is 0 Å². The van der Waals surface area contributed by atoms with Crippen molar-refractivity contribution in [2.45, 2.75) is 48.9 Å². The molecule has 0 aromatic carbocycles. The summed E-state index contributed by atoms with van der Waals surface area (Å²) in [5.41, 5.74) is 0. The van der Waals surface area contributed by atoms with Gasteiger partial charge in [-0.2, -0.15) is 0 Å². The average molecular weight is 363 g/mol. The highest BCUT2D eigenvalue weighted by Gasteiger charge is 2.00. The summed E-state index contributed by atoms with van der Waals surface area (Å²) in [6.45, 7) is 0.361. The molecule has 0 aromatic rings. The summed E-state index contributed by atoms with van der Waals surface area (Å²) in [4.78, 5) is 0. The van der Waals surface area contributed by atoms with E-state index < -0.39 is 0 Å². The van der Waals surface area contributed by atoms with E-state index >= 15 is 0 Å². The molecule has 0 radical (unpaired) electrons. The van der Waals surface area contributed by atoms with Gasteiger partial charge in [0.1, 0.15) is 0 Å². The van der Waals surface area contributed by atoms with Gasteiger partial charge in [0.25, 0.3) is 0 Å². The molecule has 0 aliphatic heterocycles. The SMILES string of the molecule is OCCCCCCCCC(I)CBr. The largest absolute Gasteiger partial charge is 0.396 e. The molecule has 0 amide bonds. The third-order valence-electron chi connectivity index (χ3n) is 2.09.